The minimum Gasteiger partial charge on any atom is -0.489 e. The molecule has 5 rings (SSSR count). The first-order chi connectivity index (χ1) is 17.7. The standard InChI is InChI=1S/C30H32N2O3S/c1-32(19-22-9-15-28(35-33)16-10-22)30-31-29(21-36-30)26-13-17-27(18-14-26)34-20-23-7-11-25(12-8-23)24-5-3-2-4-6-24/h7-18,21,24,33H,2-6,19-20H2,1H3. The van der Waals surface area contributed by atoms with E-state index in [-0.39, 0.29) is 0 Å². The number of nitrogens with zero attached hydrogens (tertiary/aromatic N) is 2. The van der Waals surface area contributed by atoms with Gasteiger partial charge in [-0.05, 0) is 71.8 Å². The third-order valence-electron chi connectivity index (χ3n) is 6.88. The Kier molecular flexibility index (Phi) is 7.84. The molecule has 0 radical (unpaired) electrons. The summed E-state index contributed by atoms with van der Waals surface area (Å²) in [5, 5.41) is 11.8. The molecule has 0 saturated heterocycles. The highest BCUT2D eigenvalue weighted by Crippen LogP contribution is 2.33. The normalized spacial score (nSPS) is 13.9. The monoisotopic (exact) mass is 500 g/mol. The van der Waals surface area contributed by atoms with Crippen LogP contribution in [0.4, 0.5) is 5.13 Å². The number of thiazole rings is 1. The molecule has 1 aliphatic carbocycles. The molecule has 5 nitrogen and oxygen atoms in total. The summed E-state index contributed by atoms with van der Waals surface area (Å²) in [5.41, 5.74) is 5.81. The van der Waals surface area contributed by atoms with Gasteiger partial charge in [-0.3, -0.25) is 0 Å². The van der Waals surface area contributed by atoms with Crippen LogP contribution in [-0.2, 0) is 13.2 Å². The minimum atomic E-state index is 0.429. The first kappa shape index (κ1) is 24.3. The third-order valence-corrected chi connectivity index (χ3v) is 7.83. The number of ether oxygens (including phenoxy) is 1. The molecule has 1 fully saturated rings. The maximum Gasteiger partial charge on any atom is 0.185 e. The van der Waals surface area contributed by atoms with Crippen molar-refractivity contribution in [3.8, 4) is 22.8 Å². The van der Waals surface area contributed by atoms with Crippen molar-refractivity contribution in [2.24, 2.45) is 0 Å². The summed E-state index contributed by atoms with van der Waals surface area (Å²) >= 11 is 1.62. The number of hydrogen-bond donors (Lipinski definition) is 1. The van der Waals surface area contributed by atoms with E-state index in [2.05, 4.69) is 51.6 Å². The molecule has 0 aliphatic heterocycles. The Morgan fingerprint density at radius 2 is 1.53 bits per heavy atom. The summed E-state index contributed by atoms with van der Waals surface area (Å²) in [6, 6.07) is 24.5. The maximum absolute atomic E-state index is 8.72. The molecule has 0 bridgehead atoms. The SMILES string of the molecule is CN(Cc1ccc(OO)cc1)c1nc(-c2ccc(OCc3ccc(C4CCCCC4)cc3)cc2)cs1. The lowest BCUT2D eigenvalue weighted by molar-refractivity contribution is -0.137. The van der Waals surface area contributed by atoms with Crippen LogP contribution in [0.25, 0.3) is 11.3 Å². The van der Waals surface area contributed by atoms with Gasteiger partial charge in [0.15, 0.2) is 10.9 Å². The van der Waals surface area contributed by atoms with Gasteiger partial charge in [0.1, 0.15) is 12.4 Å². The average Bonchev–Trinajstić information content (AvgIpc) is 3.44. The van der Waals surface area contributed by atoms with Gasteiger partial charge in [-0.2, -0.15) is 0 Å². The molecule has 1 aliphatic rings. The zero-order valence-electron chi connectivity index (χ0n) is 20.6. The molecule has 1 N–H and O–H groups in total. The number of aromatic nitrogens is 1. The van der Waals surface area contributed by atoms with Crippen molar-refractivity contribution in [3.63, 3.8) is 0 Å². The van der Waals surface area contributed by atoms with Gasteiger partial charge < -0.3 is 14.5 Å². The van der Waals surface area contributed by atoms with E-state index >= 15 is 0 Å². The van der Waals surface area contributed by atoms with Crippen LogP contribution in [-0.4, -0.2) is 17.3 Å². The molecule has 4 aromatic rings. The molecular formula is C30H32N2O3S. The third kappa shape index (κ3) is 6.07. The summed E-state index contributed by atoms with van der Waals surface area (Å²) in [4.78, 5) is 11.2. The van der Waals surface area contributed by atoms with Crippen LogP contribution in [0.2, 0.25) is 0 Å². The quantitative estimate of drug-likeness (QED) is 0.187. The van der Waals surface area contributed by atoms with E-state index in [9.17, 15) is 0 Å². The van der Waals surface area contributed by atoms with Gasteiger partial charge >= 0.3 is 0 Å². The fourth-order valence-electron chi connectivity index (χ4n) is 4.78. The topological polar surface area (TPSA) is 54.8 Å². The summed E-state index contributed by atoms with van der Waals surface area (Å²) in [6.45, 7) is 1.29. The van der Waals surface area contributed by atoms with E-state index in [0.717, 1.165) is 33.6 Å². The van der Waals surface area contributed by atoms with E-state index in [1.54, 1.807) is 23.5 Å². The summed E-state index contributed by atoms with van der Waals surface area (Å²) in [5.74, 6) is 2.02. The molecule has 6 heteroatoms. The van der Waals surface area contributed by atoms with Crippen molar-refractivity contribution in [1.29, 1.82) is 0 Å². The average molecular weight is 501 g/mol. The fraction of sp³-hybridized carbons (Fsp3) is 0.300. The highest BCUT2D eigenvalue weighted by atomic mass is 32.1. The van der Waals surface area contributed by atoms with E-state index < -0.39 is 0 Å². The Morgan fingerprint density at radius 1 is 0.861 bits per heavy atom. The number of hydrogen-bond acceptors (Lipinski definition) is 6. The lowest BCUT2D eigenvalue weighted by Crippen LogP contribution is -2.15. The molecule has 36 heavy (non-hydrogen) atoms. The highest BCUT2D eigenvalue weighted by molar-refractivity contribution is 7.14. The van der Waals surface area contributed by atoms with Crippen LogP contribution in [0.5, 0.6) is 11.5 Å². The van der Waals surface area contributed by atoms with Gasteiger partial charge in [-0.15, -0.1) is 11.3 Å². The molecule has 1 saturated carbocycles. The maximum atomic E-state index is 8.72. The molecule has 3 aromatic carbocycles. The van der Waals surface area contributed by atoms with Crippen molar-refractivity contribution in [2.45, 2.75) is 51.2 Å². The van der Waals surface area contributed by atoms with Crippen LogP contribution in [0.3, 0.4) is 0 Å². The van der Waals surface area contributed by atoms with Gasteiger partial charge in [-0.25, -0.2) is 10.2 Å². The second-order valence-corrected chi connectivity index (χ2v) is 10.3. The highest BCUT2D eigenvalue weighted by Gasteiger charge is 2.15. The van der Waals surface area contributed by atoms with E-state index in [1.807, 2.05) is 31.3 Å². The van der Waals surface area contributed by atoms with Gasteiger partial charge in [0, 0.05) is 24.5 Å². The van der Waals surface area contributed by atoms with Crippen molar-refractivity contribution in [3.05, 3.63) is 94.9 Å². The van der Waals surface area contributed by atoms with Gasteiger partial charge in [0.25, 0.3) is 0 Å². The van der Waals surface area contributed by atoms with Crippen molar-refractivity contribution < 1.29 is 14.9 Å². The smallest absolute Gasteiger partial charge is 0.185 e. The van der Waals surface area contributed by atoms with E-state index in [1.165, 1.54) is 43.2 Å². The Morgan fingerprint density at radius 3 is 2.22 bits per heavy atom. The number of rotatable bonds is 9. The second-order valence-electron chi connectivity index (χ2n) is 9.50. The van der Waals surface area contributed by atoms with Crippen molar-refractivity contribution >= 4 is 16.5 Å². The van der Waals surface area contributed by atoms with Gasteiger partial charge in [0.2, 0.25) is 0 Å². The first-order valence-corrected chi connectivity index (χ1v) is 13.4. The molecule has 186 valence electrons. The van der Waals surface area contributed by atoms with Crippen LogP contribution in [0, 0.1) is 0 Å². The Bertz CT molecular complexity index is 1230. The van der Waals surface area contributed by atoms with Crippen molar-refractivity contribution in [2.75, 3.05) is 11.9 Å². The Balaban J connectivity index is 1.15. The summed E-state index contributed by atoms with van der Waals surface area (Å²) < 4.78 is 6.04. The van der Waals surface area contributed by atoms with E-state index in [0.29, 0.717) is 18.9 Å². The zero-order chi connectivity index (χ0) is 24.7. The molecule has 0 amide bonds. The van der Waals surface area contributed by atoms with E-state index in [4.69, 9.17) is 15.0 Å². The van der Waals surface area contributed by atoms with Crippen LogP contribution < -0.4 is 14.5 Å². The zero-order valence-corrected chi connectivity index (χ0v) is 21.4. The predicted octanol–water partition coefficient (Wildman–Crippen LogP) is 7.93. The largest absolute Gasteiger partial charge is 0.489 e. The van der Waals surface area contributed by atoms with Crippen molar-refractivity contribution in [1.82, 2.24) is 4.98 Å². The van der Waals surface area contributed by atoms with Crippen LogP contribution >= 0.6 is 11.3 Å². The molecule has 1 aromatic heterocycles. The molecule has 1 heterocycles. The lowest BCUT2D eigenvalue weighted by atomic mass is 9.84. The molecular weight excluding hydrogens is 468 g/mol. The molecule has 0 unspecified atom stereocenters. The Hall–Kier alpha value is -3.35. The van der Waals surface area contributed by atoms with Gasteiger partial charge in [-0.1, -0.05) is 55.7 Å². The number of benzene rings is 3. The lowest BCUT2D eigenvalue weighted by Gasteiger charge is -2.22. The second kappa shape index (κ2) is 11.6. The van der Waals surface area contributed by atoms with Gasteiger partial charge in [0.05, 0.1) is 5.69 Å². The fourth-order valence-corrected chi connectivity index (χ4v) is 5.58. The van der Waals surface area contributed by atoms with Crippen LogP contribution in [0.15, 0.2) is 78.2 Å². The predicted molar refractivity (Wildman–Crippen MR) is 146 cm³/mol. The van der Waals surface area contributed by atoms with Crippen LogP contribution in [0.1, 0.15) is 54.7 Å². The summed E-state index contributed by atoms with van der Waals surface area (Å²) in [6.07, 6.45) is 6.77. The summed E-state index contributed by atoms with van der Waals surface area (Å²) in [7, 11) is 2.03. The molecule has 0 spiro atoms. The minimum absolute atomic E-state index is 0.429. The first-order valence-electron chi connectivity index (χ1n) is 12.6. The Labute approximate surface area is 216 Å². The molecule has 0 atom stereocenters. The number of anilines is 1.